The lowest BCUT2D eigenvalue weighted by Crippen LogP contribution is -2.21. The van der Waals surface area contributed by atoms with Crippen LogP contribution in [0.15, 0.2) is 42.6 Å². The molecule has 0 radical (unpaired) electrons. The first-order valence-corrected chi connectivity index (χ1v) is 8.35. The average Bonchev–Trinajstić information content (AvgIpc) is 2.93. The van der Waals surface area contributed by atoms with E-state index in [1.54, 1.807) is 25.2 Å². The molecule has 0 fully saturated rings. The molecule has 4 nitrogen and oxygen atoms in total. The first-order valence-electron chi connectivity index (χ1n) is 7.98. The molecule has 2 aromatic heterocycles. The Morgan fingerprint density at radius 3 is 2.79 bits per heavy atom. The molecule has 0 aliphatic heterocycles. The predicted octanol–water partition coefficient (Wildman–Crippen LogP) is 4.29. The van der Waals surface area contributed by atoms with Gasteiger partial charge in [-0.25, -0.2) is 0 Å². The summed E-state index contributed by atoms with van der Waals surface area (Å²) in [5.41, 5.74) is 4.11. The Balaban J connectivity index is 1.97. The van der Waals surface area contributed by atoms with E-state index in [1.807, 2.05) is 36.4 Å². The normalized spacial score (nSPS) is 11.0. The van der Waals surface area contributed by atoms with E-state index in [1.165, 1.54) is 0 Å². The SMILES string of the molecule is CN(C)C(=O)CCCc1c(-c2ccccn2)[nH]c2ccc(Cl)cc12. The van der Waals surface area contributed by atoms with Crippen LogP contribution in [-0.2, 0) is 11.2 Å². The fourth-order valence-corrected chi connectivity index (χ4v) is 3.02. The maximum atomic E-state index is 11.8. The molecule has 0 spiro atoms. The van der Waals surface area contributed by atoms with E-state index >= 15 is 0 Å². The van der Waals surface area contributed by atoms with Crippen molar-refractivity contribution >= 4 is 28.4 Å². The quantitative estimate of drug-likeness (QED) is 0.752. The number of hydrogen-bond acceptors (Lipinski definition) is 2. The molecule has 5 heteroatoms. The van der Waals surface area contributed by atoms with Crippen LogP contribution in [-0.4, -0.2) is 34.9 Å². The number of carbonyl (C=O) groups excluding carboxylic acids is 1. The third kappa shape index (κ3) is 3.44. The van der Waals surface area contributed by atoms with Gasteiger partial charge in [-0.3, -0.25) is 9.78 Å². The van der Waals surface area contributed by atoms with Gasteiger partial charge in [0.2, 0.25) is 5.91 Å². The number of carbonyl (C=O) groups is 1. The summed E-state index contributed by atoms with van der Waals surface area (Å²) in [5.74, 6) is 0.146. The summed E-state index contributed by atoms with van der Waals surface area (Å²) in [7, 11) is 3.57. The van der Waals surface area contributed by atoms with Crippen LogP contribution in [0.5, 0.6) is 0 Å². The number of rotatable bonds is 5. The van der Waals surface area contributed by atoms with Crippen molar-refractivity contribution in [1.82, 2.24) is 14.9 Å². The zero-order valence-corrected chi connectivity index (χ0v) is 14.6. The van der Waals surface area contributed by atoms with Crippen LogP contribution in [0.3, 0.4) is 0 Å². The standard InChI is InChI=1S/C19H20ClN3O/c1-23(2)18(24)8-5-6-14-15-12-13(20)9-10-16(15)22-19(14)17-7-3-4-11-21-17/h3-4,7,9-12,22H,5-6,8H2,1-2H3. The number of aromatic nitrogens is 2. The smallest absolute Gasteiger partial charge is 0.222 e. The third-order valence-electron chi connectivity index (χ3n) is 4.11. The topological polar surface area (TPSA) is 49.0 Å². The predicted molar refractivity (Wildman–Crippen MR) is 98.2 cm³/mol. The van der Waals surface area contributed by atoms with Crippen LogP contribution < -0.4 is 0 Å². The van der Waals surface area contributed by atoms with Gasteiger partial charge in [-0.15, -0.1) is 0 Å². The van der Waals surface area contributed by atoms with Crippen molar-refractivity contribution in [2.24, 2.45) is 0 Å². The number of benzene rings is 1. The van der Waals surface area contributed by atoms with Crippen LogP contribution in [0.1, 0.15) is 18.4 Å². The summed E-state index contributed by atoms with van der Waals surface area (Å²) < 4.78 is 0. The van der Waals surface area contributed by atoms with Crippen LogP contribution in [0.4, 0.5) is 0 Å². The molecule has 124 valence electrons. The minimum Gasteiger partial charge on any atom is -0.353 e. The molecule has 3 rings (SSSR count). The number of aryl methyl sites for hydroxylation is 1. The number of hydrogen-bond donors (Lipinski definition) is 1. The first-order chi connectivity index (χ1) is 11.6. The number of fused-ring (bicyclic) bond motifs is 1. The summed E-state index contributed by atoms with van der Waals surface area (Å²) in [6.45, 7) is 0. The van der Waals surface area contributed by atoms with E-state index in [9.17, 15) is 4.79 Å². The van der Waals surface area contributed by atoms with E-state index in [0.29, 0.717) is 11.4 Å². The van der Waals surface area contributed by atoms with E-state index in [4.69, 9.17) is 11.6 Å². The Bertz CT molecular complexity index is 856. The van der Waals surface area contributed by atoms with E-state index in [2.05, 4.69) is 9.97 Å². The van der Waals surface area contributed by atoms with Gasteiger partial charge in [0.05, 0.1) is 11.4 Å². The molecule has 0 aliphatic carbocycles. The molecule has 0 unspecified atom stereocenters. The largest absolute Gasteiger partial charge is 0.353 e. The molecule has 0 bridgehead atoms. The molecule has 24 heavy (non-hydrogen) atoms. The number of amides is 1. The summed E-state index contributed by atoms with van der Waals surface area (Å²) in [5, 5.41) is 1.81. The lowest BCUT2D eigenvalue weighted by molar-refractivity contribution is -0.128. The summed E-state index contributed by atoms with van der Waals surface area (Å²) in [6.07, 6.45) is 3.90. The Morgan fingerprint density at radius 1 is 1.25 bits per heavy atom. The monoisotopic (exact) mass is 341 g/mol. The number of aromatic amines is 1. The Labute approximate surface area is 146 Å². The van der Waals surface area contributed by atoms with Gasteiger partial charge in [0.25, 0.3) is 0 Å². The van der Waals surface area contributed by atoms with Gasteiger partial charge in [-0.1, -0.05) is 17.7 Å². The van der Waals surface area contributed by atoms with Crippen molar-refractivity contribution < 1.29 is 4.79 Å². The molecule has 0 saturated heterocycles. The molecule has 2 heterocycles. The van der Waals surface area contributed by atoms with Gasteiger partial charge in [0, 0.05) is 42.6 Å². The highest BCUT2D eigenvalue weighted by molar-refractivity contribution is 6.31. The third-order valence-corrected chi connectivity index (χ3v) is 4.34. The van der Waals surface area contributed by atoms with Crippen LogP contribution in [0.2, 0.25) is 5.02 Å². The molecule has 1 aromatic carbocycles. The summed E-state index contributed by atoms with van der Waals surface area (Å²) in [6, 6.07) is 11.7. The highest BCUT2D eigenvalue weighted by Crippen LogP contribution is 2.32. The van der Waals surface area contributed by atoms with Crippen molar-refractivity contribution in [3.8, 4) is 11.4 Å². The molecule has 3 aromatic rings. The molecular formula is C19H20ClN3O. The minimum absolute atomic E-state index is 0.146. The Hall–Kier alpha value is -2.33. The minimum atomic E-state index is 0.146. The second-order valence-electron chi connectivity index (χ2n) is 6.03. The first kappa shape index (κ1) is 16.5. The van der Waals surface area contributed by atoms with Gasteiger partial charge in [-0.05, 0) is 48.7 Å². The summed E-state index contributed by atoms with van der Waals surface area (Å²) in [4.78, 5) is 21.4. The lowest BCUT2D eigenvalue weighted by atomic mass is 10.0. The van der Waals surface area contributed by atoms with Crippen molar-refractivity contribution in [3.63, 3.8) is 0 Å². The molecule has 0 saturated carbocycles. The number of H-pyrrole nitrogens is 1. The van der Waals surface area contributed by atoms with Gasteiger partial charge in [0.1, 0.15) is 0 Å². The second-order valence-corrected chi connectivity index (χ2v) is 6.46. The van der Waals surface area contributed by atoms with Gasteiger partial charge >= 0.3 is 0 Å². The van der Waals surface area contributed by atoms with Crippen LogP contribution in [0.25, 0.3) is 22.3 Å². The Kier molecular flexibility index (Phi) is 4.86. The second kappa shape index (κ2) is 7.05. The van der Waals surface area contributed by atoms with E-state index < -0.39 is 0 Å². The summed E-state index contributed by atoms with van der Waals surface area (Å²) >= 11 is 6.18. The maximum Gasteiger partial charge on any atom is 0.222 e. The van der Waals surface area contributed by atoms with Gasteiger partial charge in [-0.2, -0.15) is 0 Å². The van der Waals surface area contributed by atoms with Crippen molar-refractivity contribution in [3.05, 3.63) is 53.2 Å². The Morgan fingerprint density at radius 2 is 2.08 bits per heavy atom. The fourth-order valence-electron chi connectivity index (χ4n) is 2.85. The maximum absolute atomic E-state index is 11.8. The number of nitrogens with one attached hydrogen (secondary N) is 1. The zero-order valence-electron chi connectivity index (χ0n) is 13.8. The van der Waals surface area contributed by atoms with Crippen molar-refractivity contribution in [2.75, 3.05) is 14.1 Å². The van der Waals surface area contributed by atoms with E-state index in [-0.39, 0.29) is 5.91 Å². The fraction of sp³-hybridized carbons (Fsp3) is 0.263. The van der Waals surface area contributed by atoms with Gasteiger partial charge in [0.15, 0.2) is 0 Å². The average molecular weight is 342 g/mol. The van der Waals surface area contributed by atoms with Crippen molar-refractivity contribution in [1.29, 1.82) is 0 Å². The van der Waals surface area contributed by atoms with Crippen LogP contribution in [0, 0.1) is 0 Å². The molecule has 0 aliphatic rings. The number of nitrogens with zero attached hydrogens (tertiary/aromatic N) is 2. The molecular weight excluding hydrogens is 322 g/mol. The number of pyridine rings is 1. The van der Waals surface area contributed by atoms with Gasteiger partial charge < -0.3 is 9.88 Å². The molecule has 1 amide bonds. The highest BCUT2D eigenvalue weighted by Gasteiger charge is 2.15. The molecule has 1 N–H and O–H groups in total. The van der Waals surface area contributed by atoms with E-state index in [0.717, 1.165) is 40.7 Å². The van der Waals surface area contributed by atoms with Crippen molar-refractivity contribution in [2.45, 2.75) is 19.3 Å². The zero-order chi connectivity index (χ0) is 17.1. The van der Waals surface area contributed by atoms with Crippen LogP contribution >= 0.6 is 11.6 Å². The number of halogens is 1. The molecule has 0 atom stereocenters. The lowest BCUT2D eigenvalue weighted by Gasteiger charge is -2.10. The highest BCUT2D eigenvalue weighted by atomic mass is 35.5.